The van der Waals surface area contributed by atoms with Crippen molar-refractivity contribution in [1.29, 1.82) is 0 Å². The molecule has 1 fully saturated rings. The summed E-state index contributed by atoms with van der Waals surface area (Å²) in [5, 5.41) is 10.3. The molecule has 6 nitrogen and oxygen atoms in total. The Labute approximate surface area is 91.3 Å². The summed E-state index contributed by atoms with van der Waals surface area (Å²) < 4.78 is 0. The molecule has 0 aliphatic carbocycles. The molecule has 1 heterocycles. The van der Waals surface area contributed by atoms with Gasteiger partial charge in [-0.3, -0.25) is 16.0 Å². The lowest BCUT2D eigenvalue weighted by Gasteiger charge is -2.38. The van der Waals surface area contributed by atoms with E-state index >= 15 is 0 Å². The van der Waals surface area contributed by atoms with Crippen LogP contribution in [0.4, 0.5) is 0 Å². The molecule has 0 amide bonds. The molecular formula is C9H24N6. The fourth-order valence-electron chi connectivity index (χ4n) is 1.87. The van der Waals surface area contributed by atoms with Crippen LogP contribution in [0.15, 0.2) is 0 Å². The van der Waals surface area contributed by atoms with Crippen molar-refractivity contribution in [2.24, 2.45) is 17.2 Å². The van der Waals surface area contributed by atoms with Crippen LogP contribution in [0, 0.1) is 0 Å². The summed E-state index contributed by atoms with van der Waals surface area (Å²) >= 11 is 0. The zero-order chi connectivity index (χ0) is 11.1. The average molecular weight is 216 g/mol. The molecule has 15 heavy (non-hydrogen) atoms. The highest BCUT2D eigenvalue weighted by Crippen LogP contribution is 2.02. The van der Waals surface area contributed by atoms with Gasteiger partial charge < -0.3 is 17.2 Å². The van der Waals surface area contributed by atoms with E-state index in [0.29, 0.717) is 19.6 Å². The van der Waals surface area contributed by atoms with Gasteiger partial charge in [-0.2, -0.15) is 0 Å². The molecule has 0 aromatic heterocycles. The van der Waals surface area contributed by atoms with Gasteiger partial charge in [-0.25, -0.2) is 0 Å². The van der Waals surface area contributed by atoms with Crippen LogP contribution in [0.1, 0.15) is 19.3 Å². The lowest BCUT2D eigenvalue weighted by Crippen LogP contribution is -2.67. The van der Waals surface area contributed by atoms with Gasteiger partial charge in [0.2, 0.25) is 0 Å². The lowest BCUT2D eigenvalue weighted by atomic mass is 10.2. The van der Waals surface area contributed by atoms with Gasteiger partial charge in [0, 0.05) is 0 Å². The Morgan fingerprint density at radius 2 is 0.867 bits per heavy atom. The van der Waals surface area contributed by atoms with Gasteiger partial charge in [0.15, 0.2) is 0 Å². The highest BCUT2D eigenvalue weighted by molar-refractivity contribution is 4.83. The van der Waals surface area contributed by atoms with E-state index in [0.717, 1.165) is 19.3 Å². The highest BCUT2D eigenvalue weighted by atomic mass is 15.3. The lowest BCUT2D eigenvalue weighted by molar-refractivity contribution is 0.182. The minimum Gasteiger partial charge on any atom is -0.330 e. The van der Waals surface area contributed by atoms with Crippen LogP contribution in [0.5, 0.6) is 0 Å². The van der Waals surface area contributed by atoms with E-state index < -0.39 is 0 Å². The van der Waals surface area contributed by atoms with Crippen LogP contribution in [-0.2, 0) is 0 Å². The fraction of sp³-hybridized carbons (Fsp3) is 1.00. The van der Waals surface area contributed by atoms with E-state index in [1.807, 2.05) is 0 Å². The van der Waals surface area contributed by atoms with Gasteiger partial charge in [0.1, 0.15) is 0 Å². The van der Waals surface area contributed by atoms with Crippen molar-refractivity contribution in [1.82, 2.24) is 16.0 Å². The van der Waals surface area contributed by atoms with E-state index in [9.17, 15) is 0 Å². The molecule has 9 N–H and O–H groups in total. The second-order valence-electron chi connectivity index (χ2n) is 3.89. The third-order valence-electron chi connectivity index (χ3n) is 2.57. The fourth-order valence-corrected chi connectivity index (χ4v) is 1.87. The van der Waals surface area contributed by atoms with E-state index in [1.165, 1.54) is 0 Å². The van der Waals surface area contributed by atoms with Crippen molar-refractivity contribution in [3.8, 4) is 0 Å². The minimum absolute atomic E-state index is 0.268. The van der Waals surface area contributed by atoms with Crippen LogP contribution < -0.4 is 33.2 Å². The van der Waals surface area contributed by atoms with Crippen molar-refractivity contribution in [2.75, 3.05) is 19.6 Å². The Kier molecular flexibility index (Phi) is 6.07. The molecule has 0 bridgehead atoms. The zero-order valence-electron chi connectivity index (χ0n) is 9.21. The Morgan fingerprint density at radius 3 is 1.07 bits per heavy atom. The molecule has 0 aromatic rings. The van der Waals surface area contributed by atoms with E-state index in [4.69, 9.17) is 17.2 Å². The largest absolute Gasteiger partial charge is 0.330 e. The number of nitrogens with two attached hydrogens (primary N) is 3. The third-order valence-corrected chi connectivity index (χ3v) is 2.57. The summed E-state index contributed by atoms with van der Waals surface area (Å²) in [6, 6.07) is 0. The molecule has 1 aliphatic heterocycles. The quantitative estimate of drug-likeness (QED) is 0.300. The standard InChI is InChI=1S/C9H24N6/c10-4-1-7-13-8(2-5-11)15-9(14-7)3-6-12/h7-9,13-15H,1-6,10-12H2. The normalized spacial score (nSPS) is 31.8. The monoisotopic (exact) mass is 216 g/mol. The summed E-state index contributed by atoms with van der Waals surface area (Å²) in [5.41, 5.74) is 16.6. The van der Waals surface area contributed by atoms with Crippen molar-refractivity contribution in [3.05, 3.63) is 0 Å². The number of hydrogen-bond acceptors (Lipinski definition) is 6. The predicted molar refractivity (Wildman–Crippen MR) is 61.8 cm³/mol. The summed E-state index contributed by atoms with van der Waals surface area (Å²) in [5.74, 6) is 0. The maximum absolute atomic E-state index is 5.55. The molecule has 0 spiro atoms. The van der Waals surface area contributed by atoms with Gasteiger partial charge in [-0.05, 0) is 38.9 Å². The second kappa shape index (κ2) is 7.10. The van der Waals surface area contributed by atoms with Gasteiger partial charge >= 0.3 is 0 Å². The van der Waals surface area contributed by atoms with Crippen molar-refractivity contribution in [2.45, 2.75) is 37.8 Å². The van der Waals surface area contributed by atoms with Crippen molar-refractivity contribution >= 4 is 0 Å². The molecule has 6 heteroatoms. The summed E-state index contributed by atoms with van der Waals surface area (Å²) in [6.07, 6.45) is 3.57. The Bertz CT molecular complexity index is 130. The molecule has 1 aliphatic rings. The molecular weight excluding hydrogens is 192 g/mol. The van der Waals surface area contributed by atoms with E-state index in [1.54, 1.807) is 0 Å². The van der Waals surface area contributed by atoms with Crippen molar-refractivity contribution in [3.63, 3.8) is 0 Å². The molecule has 1 saturated heterocycles. The summed E-state index contributed by atoms with van der Waals surface area (Å²) in [6.45, 7) is 2.03. The second-order valence-corrected chi connectivity index (χ2v) is 3.89. The molecule has 0 atom stereocenters. The zero-order valence-corrected chi connectivity index (χ0v) is 9.21. The SMILES string of the molecule is NCCC1NC(CCN)NC(CCN)N1. The maximum Gasteiger partial charge on any atom is 0.0607 e. The van der Waals surface area contributed by atoms with Crippen LogP contribution in [0.2, 0.25) is 0 Å². The van der Waals surface area contributed by atoms with Crippen molar-refractivity contribution < 1.29 is 0 Å². The summed E-state index contributed by atoms with van der Waals surface area (Å²) in [7, 11) is 0. The topological polar surface area (TPSA) is 114 Å². The Balaban J connectivity index is 2.40. The van der Waals surface area contributed by atoms with Gasteiger partial charge in [-0.1, -0.05) is 0 Å². The number of nitrogens with one attached hydrogen (secondary N) is 3. The molecule has 1 rings (SSSR count). The Morgan fingerprint density at radius 1 is 0.600 bits per heavy atom. The van der Waals surface area contributed by atoms with Crippen LogP contribution in [0.3, 0.4) is 0 Å². The first-order chi connectivity index (χ1) is 7.30. The average Bonchev–Trinajstić information content (AvgIpc) is 2.19. The highest BCUT2D eigenvalue weighted by Gasteiger charge is 2.24. The smallest absolute Gasteiger partial charge is 0.0607 e. The molecule has 0 radical (unpaired) electrons. The van der Waals surface area contributed by atoms with E-state index in [2.05, 4.69) is 16.0 Å². The number of rotatable bonds is 6. The maximum atomic E-state index is 5.55. The molecule has 0 unspecified atom stereocenters. The van der Waals surface area contributed by atoms with Crippen LogP contribution in [-0.4, -0.2) is 38.1 Å². The Hall–Kier alpha value is -0.240. The first-order valence-electron chi connectivity index (χ1n) is 5.68. The minimum atomic E-state index is 0.268. The first kappa shape index (κ1) is 12.8. The summed E-state index contributed by atoms with van der Waals surface area (Å²) in [4.78, 5) is 0. The van der Waals surface area contributed by atoms with Crippen LogP contribution in [0.25, 0.3) is 0 Å². The first-order valence-corrected chi connectivity index (χ1v) is 5.68. The van der Waals surface area contributed by atoms with E-state index in [-0.39, 0.29) is 18.5 Å². The molecule has 0 aromatic carbocycles. The third kappa shape index (κ3) is 4.42. The van der Waals surface area contributed by atoms with Gasteiger partial charge in [0.05, 0.1) is 18.5 Å². The molecule has 90 valence electrons. The van der Waals surface area contributed by atoms with Crippen LogP contribution >= 0.6 is 0 Å². The van der Waals surface area contributed by atoms with Gasteiger partial charge in [0.25, 0.3) is 0 Å². The van der Waals surface area contributed by atoms with Gasteiger partial charge in [-0.15, -0.1) is 0 Å². The molecule has 0 saturated carbocycles. The predicted octanol–water partition coefficient (Wildman–Crippen LogP) is -2.21. The number of hydrogen-bond donors (Lipinski definition) is 6.